The fourth-order valence-electron chi connectivity index (χ4n) is 6.09. The molecule has 3 aromatic rings. The van der Waals surface area contributed by atoms with Gasteiger partial charge in [-0.15, -0.1) is 0 Å². The monoisotopic (exact) mass is 536 g/mol. The van der Waals surface area contributed by atoms with Crippen molar-refractivity contribution in [1.82, 2.24) is 19.9 Å². The average molecular weight is 537 g/mol. The van der Waals surface area contributed by atoms with E-state index in [2.05, 4.69) is 63.3 Å². The second-order valence-corrected chi connectivity index (χ2v) is 10.7. The molecule has 2 aliphatic rings. The number of hydrogen-bond donors (Lipinski definition) is 2. The summed E-state index contributed by atoms with van der Waals surface area (Å²) in [4.78, 5) is 41.6. The Balaban J connectivity index is 2.03. The van der Waals surface area contributed by atoms with Crippen molar-refractivity contribution >= 4 is 51.7 Å². The highest BCUT2D eigenvalue weighted by Gasteiger charge is 2.32. The average Bonchev–Trinajstić information content (AvgIpc) is 3.59. The second-order valence-electron chi connectivity index (χ2n) is 10.7. The van der Waals surface area contributed by atoms with Gasteiger partial charge in [-0.2, -0.15) is 0 Å². The van der Waals surface area contributed by atoms with Gasteiger partial charge >= 0.3 is 12.4 Å². The van der Waals surface area contributed by atoms with Gasteiger partial charge in [0.25, 0.3) is 0 Å². The summed E-state index contributed by atoms with van der Waals surface area (Å²) in [5.41, 5.74) is 13.3. The van der Waals surface area contributed by atoms with E-state index in [1.165, 1.54) is 5.56 Å². The molecule has 5 rings (SSSR count). The number of nitrogens with one attached hydrogen (secondary N) is 2. The number of esters is 1. The molecular weight excluding hydrogens is 500 g/mol. The first kappa shape index (κ1) is 27.3. The van der Waals surface area contributed by atoms with Crippen LogP contribution in [0.4, 0.5) is 0 Å². The Bertz CT molecular complexity index is 1770. The molecule has 0 saturated carbocycles. The highest BCUT2D eigenvalue weighted by Crippen LogP contribution is 2.41. The lowest BCUT2D eigenvalue weighted by Gasteiger charge is -2.13. The zero-order valence-corrected chi connectivity index (χ0v) is 24.3. The van der Waals surface area contributed by atoms with Crippen LogP contribution >= 0.6 is 0 Å². The molecule has 0 spiro atoms. The van der Waals surface area contributed by atoms with E-state index in [4.69, 9.17) is 14.7 Å². The molecule has 206 valence electrons. The number of ether oxygens (including phenoxy) is 1. The minimum Gasteiger partial charge on any atom is -0.392 e. The number of rotatable bonds is 5. The van der Waals surface area contributed by atoms with E-state index in [0.29, 0.717) is 29.0 Å². The van der Waals surface area contributed by atoms with Gasteiger partial charge in [0.05, 0.1) is 17.0 Å². The van der Waals surface area contributed by atoms with Crippen LogP contribution in [0, 0.1) is 13.8 Å². The normalized spacial score (nSPS) is 16.8. The van der Waals surface area contributed by atoms with Crippen LogP contribution in [-0.2, 0) is 27.2 Å². The van der Waals surface area contributed by atoms with E-state index >= 15 is 0 Å². The summed E-state index contributed by atoms with van der Waals surface area (Å²) in [6.07, 6.45) is 3.34. The molecule has 3 aromatic heterocycles. The highest BCUT2D eigenvalue weighted by molar-refractivity contribution is 6.26. The summed E-state index contributed by atoms with van der Waals surface area (Å²) < 4.78 is 4.86. The van der Waals surface area contributed by atoms with Crippen LogP contribution in [0.15, 0.2) is 24.8 Å². The Kier molecular flexibility index (Phi) is 7.08. The number of hydrogen-bond acceptors (Lipinski definition) is 5. The fraction of sp³-hybridized carbons (Fsp3) is 0.333. The molecule has 0 aromatic carbocycles. The summed E-state index contributed by atoms with van der Waals surface area (Å²) in [5, 5.41) is 0. The third kappa shape index (κ3) is 4.21. The van der Waals surface area contributed by atoms with Gasteiger partial charge in [0.2, 0.25) is 0 Å². The van der Waals surface area contributed by atoms with Crippen molar-refractivity contribution in [2.45, 2.75) is 73.1 Å². The molecular formula is C33H36N4O3. The molecule has 7 nitrogen and oxygen atoms in total. The summed E-state index contributed by atoms with van der Waals surface area (Å²) in [7, 11) is 0. The second kappa shape index (κ2) is 10.4. The molecule has 8 bridgehead atoms. The standard InChI is InChI=1S/C33H36N4O3/c1-9-21-18(6)25-12-24-16(4)17(5)31(36-24)23(11-3)32-30(33(39)40-15-38)20(8)27(37-32)14-29-22(10-2)19(7)26(35-29)13-28(21)34-25/h9,12-17,34-35H,1,10-11H2,2-8H3. The number of carbonyl (C=O) groups excluding carboxylic acids is 2. The summed E-state index contributed by atoms with van der Waals surface area (Å²) in [5.74, 6) is -0.439. The van der Waals surface area contributed by atoms with Gasteiger partial charge in [-0.3, -0.25) is 9.78 Å². The van der Waals surface area contributed by atoms with Crippen molar-refractivity contribution in [3.63, 3.8) is 0 Å². The summed E-state index contributed by atoms with van der Waals surface area (Å²) in [6, 6.07) is 6.25. The molecule has 2 unspecified atom stereocenters. The Hall–Kier alpha value is -4.26. The van der Waals surface area contributed by atoms with Crippen LogP contribution in [0.2, 0.25) is 0 Å². The molecule has 0 amide bonds. The van der Waals surface area contributed by atoms with Crippen molar-refractivity contribution in [3.05, 3.63) is 75.4 Å². The number of aromatic nitrogens is 4. The van der Waals surface area contributed by atoms with Crippen LogP contribution in [0.5, 0.6) is 0 Å². The molecule has 2 aliphatic heterocycles. The molecule has 40 heavy (non-hydrogen) atoms. The SMILES string of the molecule is C=Cc1c(C)c2cc3nc(c(CC)c4nc(cc5[nH]c(cc1[nH]2)c(C)c5CC)C(C)=C4C(=O)OC=O)C(C)C3C. The Labute approximate surface area is 234 Å². The van der Waals surface area contributed by atoms with Crippen molar-refractivity contribution in [2.24, 2.45) is 0 Å². The maximum absolute atomic E-state index is 13.1. The number of nitrogens with zero attached hydrogens (tertiary/aromatic N) is 2. The maximum atomic E-state index is 13.1. The van der Waals surface area contributed by atoms with Crippen LogP contribution < -0.4 is 0 Å². The summed E-state index contributed by atoms with van der Waals surface area (Å²) >= 11 is 0. The predicted molar refractivity (Wildman–Crippen MR) is 161 cm³/mol. The zero-order valence-electron chi connectivity index (χ0n) is 24.3. The number of aromatic amines is 2. The molecule has 0 saturated heterocycles. The van der Waals surface area contributed by atoms with E-state index < -0.39 is 5.97 Å². The predicted octanol–water partition coefficient (Wildman–Crippen LogP) is 7.24. The van der Waals surface area contributed by atoms with E-state index in [1.807, 2.05) is 26.0 Å². The fourth-order valence-corrected chi connectivity index (χ4v) is 6.09. The summed E-state index contributed by atoms with van der Waals surface area (Å²) in [6.45, 7) is 18.8. The number of carbonyl (C=O) groups is 2. The quantitative estimate of drug-likeness (QED) is 0.203. The Morgan fingerprint density at radius 3 is 2.25 bits per heavy atom. The number of fused-ring (bicyclic) bond motifs is 8. The smallest absolute Gasteiger partial charge is 0.348 e. The van der Waals surface area contributed by atoms with Gasteiger partial charge in [0.1, 0.15) is 0 Å². The van der Waals surface area contributed by atoms with E-state index in [-0.39, 0.29) is 18.3 Å². The first-order valence-corrected chi connectivity index (χ1v) is 13.9. The first-order valence-electron chi connectivity index (χ1n) is 13.9. The van der Waals surface area contributed by atoms with Crippen LogP contribution in [0.3, 0.4) is 0 Å². The van der Waals surface area contributed by atoms with Gasteiger partial charge < -0.3 is 14.7 Å². The zero-order chi connectivity index (χ0) is 28.9. The lowest BCUT2D eigenvalue weighted by Crippen LogP contribution is -2.09. The van der Waals surface area contributed by atoms with Gasteiger partial charge in [0, 0.05) is 56.4 Å². The lowest BCUT2D eigenvalue weighted by molar-refractivity contribution is -0.146. The van der Waals surface area contributed by atoms with Crippen LogP contribution in [-0.4, -0.2) is 32.4 Å². The Morgan fingerprint density at radius 1 is 0.925 bits per heavy atom. The van der Waals surface area contributed by atoms with Gasteiger partial charge in [0.15, 0.2) is 0 Å². The Morgan fingerprint density at radius 2 is 1.60 bits per heavy atom. The first-order chi connectivity index (χ1) is 19.1. The molecule has 2 N–H and O–H groups in total. The molecule has 2 atom stereocenters. The maximum Gasteiger partial charge on any atom is 0.348 e. The largest absolute Gasteiger partial charge is 0.392 e. The molecule has 0 radical (unpaired) electrons. The number of H-pyrrole nitrogens is 2. The van der Waals surface area contributed by atoms with Crippen molar-refractivity contribution in [1.29, 1.82) is 0 Å². The third-order valence-corrected chi connectivity index (χ3v) is 8.67. The lowest BCUT2D eigenvalue weighted by atomic mass is 9.89. The topological polar surface area (TPSA) is 101 Å². The molecule has 0 fully saturated rings. The highest BCUT2D eigenvalue weighted by atomic mass is 16.6. The van der Waals surface area contributed by atoms with E-state index in [1.54, 1.807) is 0 Å². The van der Waals surface area contributed by atoms with Gasteiger partial charge in [-0.05, 0) is 74.1 Å². The van der Waals surface area contributed by atoms with E-state index in [0.717, 1.165) is 62.1 Å². The molecule has 5 heterocycles. The molecule has 7 heteroatoms. The minimum absolute atomic E-state index is 0.108. The molecule has 0 aliphatic carbocycles. The third-order valence-electron chi connectivity index (χ3n) is 8.67. The minimum atomic E-state index is -0.702. The number of aryl methyl sites for hydroxylation is 3. The van der Waals surface area contributed by atoms with Crippen molar-refractivity contribution in [2.75, 3.05) is 0 Å². The van der Waals surface area contributed by atoms with Crippen LogP contribution in [0.25, 0.3) is 39.3 Å². The number of allylic oxidation sites excluding steroid dienone is 1. The van der Waals surface area contributed by atoms with E-state index in [9.17, 15) is 9.59 Å². The van der Waals surface area contributed by atoms with Gasteiger partial charge in [-0.1, -0.05) is 40.3 Å². The van der Waals surface area contributed by atoms with Crippen LogP contribution in [0.1, 0.15) is 97.0 Å². The van der Waals surface area contributed by atoms with Crippen molar-refractivity contribution in [3.8, 4) is 0 Å². The van der Waals surface area contributed by atoms with Gasteiger partial charge in [-0.25, -0.2) is 9.78 Å². The van der Waals surface area contributed by atoms with Crippen molar-refractivity contribution < 1.29 is 14.3 Å².